The molecule has 0 radical (unpaired) electrons. The molecule has 1 N–H and O–H groups in total. The fraction of sp³-hybridized carbons (Fsp3) is 0.400. The quantitative estimate of drug-likeness (QED) is 0.837. The van der Waals surface area contributed by atoms with Gasteiger partial charge in [-0.25, -0.2) is 9.40 Å². The van der Waals surface area contributed by atoms with Gasteiger partial charge in [0.1, 0.15) is 0 Å². The van der Waals surface area contributed by atoms with Crippen LogP contribution in [0, 0.1) is 0 Å². The van der Waals surface area contributed by atoms with E-state index in [-0.39, 0.29) is 0 Å². The molecule has 0 atom stereocenters. The Hall–Kier alpha value is -1.74. The Morgan fingerprint density at radius 2 is 1.91 bits per heavy atom. The molecule has 1 aromatic carbocycles. The Kier molecular flexibility index (Phi) is 5.06. The van der Waals surface area contributed by atoms with Crippen molar-refractivity contribution in [3.63, 3.8) is 0 Å². The molecule has 1 aromatic heterocycles. The van der Waals surface area contributed by atoms with Gasteiger partial charge in [-0.2, -0.15) is 17.8 Å². The number of rotatable bonds is 6. The largest absolute Gasteiger partial charge is 0.379 e. The van der Waals surface area contributed by atoms with Crippen LogP contribution in [0.15, 0.2) is 42.7 Å². The molecule has 23 heavy (non-hydrogen) atoms. The molecule has 3 rings (SSSR count). The van der Waals surface area contributed by atoms with E-state index in [1.807, 2.05) is 36.5 Å². The summed E-state index contributed by atoms with van der Waals surface area (Å²) in [5.74, 6) is 0. The van der Waals surface area contributed by atoms with Crippen molar-refractivity contribution in [1.29, 1.82) is 0 Å². The van der Waals surface area contributed by atoms with E-state index >= 15 is 0 Å². The second-order valence-corrected chi connectivity index (χ2v) is 7.03. The van der Waals surface area contributed by atoms with Crippen LogP contribution in [0.1, 0.15) is 5.56 Å². The van der Waals surface area contributed by atoms with Gasteiger partial charge < -0.3 is 4.74 Å². The number of hydrogen-bond acceptors (Lipinski definition) is 4. The van der Waals surface area contributed by atoms with Crippen LogP contribution in [-0.4, -0.2) is 55.4 Å². The van der Waals surface area contributed by atoms with Gasteiger partial charge in [-0.3, -0.25) is 0 Å². The van der Waals surface area contributed by atoms with Gasteiger partial charge in [0.15, 0.2) is 0 Å². The SMILES string of the molecule is O=S(=O)(NCCc1ccc(-n2cccn2)cc1)N1CCOCC1. The molecule has 2 heterocycles. The zero-order valence-electron chi connectivity index (χ0n) is 12.8. The Balaban J connectivity index is 1.52. The Bertz CT molecular complexity index is 708. The lowest BCUT2D eigenvalue weighted by molar-refractivity contribution is 0.0725. The smallest absolute Gasteiger partial charge is 0.279 e. The van der Waals surface area contributed by atoms with Crippen LogP contribution in [0.25, 0.3) is 5.69 Å². The molecule has 1 aliphatic rings. The average molecular weight is 336 g/mol. The van der Waals surface area contributed by atoms with Gasteiger partial charge in [0.2, 0.25) is 0 Å². The van der Waals surface area contributed by atoms with Crippen molar-refractivity contribution >= 4 is 10.2 Å². The minimum Gasteiger partial charge on any atom is -0.379 e. The first kappa shape index (κ1) is 16.1. The minimum absolute atomic E-state index is 0.376. The lowest BCUT2D eigenvalue weighted by atomic mass is 10.1. The van der Waals surface area contributed by atoms with Crippen LogP contribution in [0.3, 0.4) is 0 Å². The van der Waals surface area contributed by atoms with Crippen molar-refractivity contribution in [3.8, 4) is 5.69 Å². The number of hydrogen-bond donors (Lipinski definition) is 1. The van der Waals surface area contributed by atoms with E-state index in [0.717, 1.165) is 11.3 Å². The number of nitrogens with zero attached hydrogens (tertiary/aromatic N) is 3. The Morgan fingerprint density at radius 3 is 2.57 bits per heavy atom. The molecule has 1 saturated heterocycles. The number of morpholine rings is 1. The third-order valence-corrected chi connectivity index (χ3v) is 5.33. The summed E-state index contributed by atoms with van der Waals surface area (Å²) in [6.07, 6.45) is 4.25. The molecule has 0 aliphatic carbocycles. The highest BCUT2D eigenvalue weighted by Gasteiger charge is 2.23. The summed E-state index contributed by atoms with van der Waals surface area (Å²) in [4.78, 5) is 0. The van der Waals surface area contributed by atoms with Crippen LogP contribution in [0.4, 0.5) is 0 Å². The number of benzene rings is 1. The van der Waals surface area contributed by atoms with Gasteiger partial charge in [0.05, 0.1) is 18.9 Å². The minimum atomic E-state index is -3.41. The molecule has 0 bridgehead atoms. The van der Waals surface area contributed by atoms with E-state index in [0.29, 0.717) is 39.3 Å². The standard InChI is InChI=1S/C15H20N4O3S/c20-23(21,18-10-12-22-13-11-18)17-8-6-14-2-4-15(5-3-14)19-9-1-7-16-19/h1-5,7,9,17H,6,8,10-13H2. The molecule has 7 nitrogen and oxygen atoms in total. The Labute approximate surface area is 136 Å². The summed E-state index contributed by atoms with van der Waals surface area (Å²) in [5, 5.41) is 4.17. The number of ether oxygens (including phenoxy) is 1. The maximum atomic E-state index is 12.1. The van der Waals surface area contributed by atoms with Gasteiger partial charge in [0, 0.05) is 32.0 Å². The lowest BCUT2D eigenvalue weighted by Gasteiger charge is -2.26. The van der Waals surface area contributed by atoms with Crippen LogP contribution in [0.2, 0.25) is 0 Å². The van der Waals surface area contributed by atoms with Gasteiger partial charge >= 0.3 is 0 Å². The van der Waals surface area contributed by atoms with Crippen molar-refractivity contribution in [2.45, 2.75) is 6.42 Å². The third kappa shape index (κ3) is 4.17. The van der Waals surface area contributed by atoms with Crippen molar-refractivity contribution in [1.82, 2.24) is 18.8 Å². The van der Waals surface area contributed by atoms with Crippen molar-refractivity contribution < 1.29 is 13.2 Å². The van der Waals surface area contributed by atoms with E-state index in [9.17, 15) is 8.42 Å². The van der Waals surface area contributed by atoms with Crippen LogP contribution < -0.4 is 4.72 Å². The number of aromatic nitrogens is 2. The first-order valence-electron chi connectivity index (χ1n) is 7.56. The zero-order chi connectivity index (χ0) is 16.1. The fourth-order valence-corrected chi connectivity index (χ4v) is 3.61. The molecule has 2 aromatic rings. The molecule has 1 fully saturated rings. The van der Waals surface area contributed by atoms with E-state index in [1.165, 1.54) is 4.31 Å². The normalized spacial score (nSPS) is 16.5. The average Bonchev–Trinajstić information content (AvgIpc) is 3.11. The van der Waals surface area contributed by atoms with Gasteiger partial charge in [0.25, 0.3) is 10.2 Å². The molecular formula is C15H20N4O3S. The molecule has 0 amide bonds. The molecule has 124 valence electrons. The summed E-state index contributed by atoms with van der Waals surface area (Å²) in [7, 11) is -3.41. The van der Waals surface area contributed by atoms with Crippen molar-refractivity contribution in [2.75, 3.05) is 32.8 Å². The van der Waals surface area contributed by atoms with E-state index in [1.54, 1.807) is 10.9 Å². The number of nitrogens with one attached hydrogen (secondary N) is 1. The second-order valence-electron chi connectivity index (χ2n) is 5.28. The first-order chi connectivity index (χ1) is 11.1. The van der Waals surface area contributed by atoms with Crippen LogP contribution in [0.5, 0.6) is 0 Å². The van der Waals surface area contributed by atoms with Gasteiger partial charge in [-0.15, -0.1) is 0 Å². The maximum absolute atomic E-state index is 12.1. The first-order valence-corrected chi connectivity index (χ1v) is 9.01. The highest BCUT2D eigenvalue weighted by Crippen LogP contribution is 2.09. The lowest BCUT2D eigenvalue weighted by Crippen LogP contribution is -2.47. The van der Waals surface area contributed by atoms with Crippen molar-refractivity contribution in [3.05, 3.63) is 48.3 Å². The van der Waals surface area contributed by atoms with E-state index < -0.39 is 10.2 Å². The molecule has 0 spiro atoms. The Morgan fingerprint density at radius 1 is 1.17 bits per heavy atom. The summed E-state index contributed by atoms with van der Waals surface area (Å²) in [6.45, 7) is 2.11. The summed E-state index contributed by atoms with van der Waals surface area (Å²) in [6, 6.07) is 9.78. The summed E-state index contributed by atoms with van der Waals surface area (Å²) < 4.78 is 35.3. The van der Waals surface area contributed by atoms with Crippen LogP contribution >= 0.6 is 0 Å². The molecule has 8 heteroatoms. The highest BCUT2D eigenvalue weighted by atomic mass is 32.2. The fourth-order valence-electron chi connectivity index (χ4n) is 2.44. The monoisotopic (exact) mass is 336 g/mol. The highest BCUT2D eigenvalue weighted by molar-refractivity contribution is 7.87. The molecule has 1 aliphatic heterocycles. The maximum Gasteiger partial charge on any atom is 0.279 e. The molecular weight excluding hydrogens is 316 g/mol. The topological polar surface area (TPSA) is 76.5 Å². The third-order valence-electron chi connectivity index (χ3n) is 3.71. The van der Waals surface area contributed by atoms with Crippen LogP contribution in [-0.2, 0) is 21.4 Å². The summed E-state index contributed by atoms with van der Waals surface area (Å²) >= 11 is 0. The molecule has 0 unspecified atom stereocenters. The van der Waals surface area contributed by atoms with E-state index in [4.69, 9.17) is 4.74 Å². The molecule has 0 saturated carbocycles. The predicted molar refractivity (Wildman–Crippen MR) is 86.6 cm³/mol. The van der Waals surface area contributed by atoms with Gasteiger partial charge in [-0.1, -0.05) is 12.1 Å². The van der Waals surface area contributed by atoms with Gasteiger partial charge in [-0.05, 0) is 30.2 Å². The van der Waals surface area contributed by atoms with E-state index in [2.05, 4.69) is 9.82 Å². The second kappa shape index (κ2) is 7.22. The summed E-state index contributed by atoms with van der Waals surface area (Å²) in [5.41, 5.74) is 2.05. The predicted octanol–water partition coefficient (Wildman–Crippen LogP) is 0.581. The van der Waals surface area contributed by atoms with Crippen molar-refractivity contribution in [2.24, 2.45) is 0 Å². The zero-order valence-corrected chi connectivity index (χ0v) is 13.6.